The van der Waals surface area contributed by atoms with Crippen molar-refractivity contribution < 1.29 is 14.3 Å². The molecule has 0 saturated carbocycles. The van der Waals surface area contributed by atoms with Crippen LogP contribution < -0.4 is 15.4 Å². The maximum absolute atomic E-state index is 12.6. The second-order valence-corrected chi connectivity index (χ2v) is 8.07. The van der Waals surface area contributed by atoms with Gasteiger partial charge in [-0.15, -0.1) is 0 Å². The number of fused-ring (bicyclic) bond motifs is 2. The Morgan fingerprint density at radius 1 is 1.06 bits per heavy atom. The van der Waals surface area contributed by atoms with Crippen molar-refractivity contribution in [2.45, 2.75) is 6.42 Å². The van der Waals surface area contributed by atoms with Gasteiger partial charge in [-0.2, -0.15) is 0 Å². The SMILES string of the molecule is O=C1Nc2cc(C(=O)NCCc3c[nH]c4ccccc34)ccc2OC1=Cc1ccccc1Cl. The van der Waals surface area contributed by atoms with Gasteiger partial charge in [0.1, 0.15) is 0 Å². The predicted octanol–water partition coefficient (Wildman–Crippen LogP) is 5.17. The van der Waals surface area contributed by atoms with Gasteiger partial charge in [-0.1, -0.05) is 48.0 Å². The van der Waals surface area contributed by atoms with Crippen molar-refractivity contribution in [1.29, 1.82) is 0 Å². The van der Waals surface area contributed by atoms with Crippen LogP contribution in [0.3, 0.4) is 0 Å². The number of carbonyl (C=O) groups excluding carboxylic acids is 2. The highest BCUT2D eigenvalue weighted by Crippen LogP contribution is 2.33. The van der Waals surface area contributed by atoms with E-state index in [9.17, 15) is 9.59 Å². The highest BCUT2D eigenvalue weighted by Gasteiger charge is 2.23. The molecule has 7 heteroatoms. The molecule has 0 spiro atoms. The second kappa shape index (κ2) is 8.84. The third-order valence-corrected chi connectivity index (χ3v) is 5.82. The van der Waals surface area contributed by atoms with Crippen molar-refractivity contribution in [3.8, 4) is 5.75 Å². The number of aromatic nitrogens is 1. The van der Waals surface area contributed by atoms with Gasteiger partial charge in [0, 0.05) is 34.2 Å². The number of ether oxygens (including phenoxy) is 1. The topological polar surface area (TPSA) is 83.2 Å². The molecule has 5 rings (SSSR count). The first kappa shape index (κ1) is 20.8. The number of amides is 2. The Bertz CT molecular complexity index is 1410. The van der Waals surface area contributed by atoms with Crippen LogP contribution in [0.2, 0.25) is 5.02 Å². The van der Waals surface area contributed by atoms with Gasteiger partial charge in [0.25, 0.3) is 11.8 Å². The highest BCUT2D eigenvalue weighted by molar-refractivity contribution is 6.32. The minimum Gasteiger partial charge on any atom is -0.449 e. The van der Waals surface area contributed by atoms with Gasteiger partial charge in [-0.3, -0.25) is 9.59 Å². The second-order valence-electron chi connectivity index (χ2n) is 7.66. The van der Waals surface area contributed by atoms with E-state index in [-0.39, 0.29) is 11.7 Å². The van der Waals surface area contributed by atoms with E-state index >= 15 is 0 Å². The summed E-state index contributed by atoms with van der Waals surface area (Å²) in [6, 6.07) is 20.2. The molecular weight excluding hydrogens is 438 g/mol. The third kappa shape index (κ3) is 4.33. The lowest BCUT2D eigenvalue weighted by molar-refractivity contribution is -0.115. The Balaban J connectivity index is 1.26. The summed E-state index contributed by atoms with van der Waals surface area (Å²) in [5.74, 6) is -0.0293. The zero-order chi connectivity index (χ0) is 22.8. The van der Waals surface area contributed by atoms with Crippen LogP contribution >= 0.6 is 11.6 Å². The zero-order valence-corrected chi connectivity index (χ0v) is 18.3. The maximum atomic E-state index is 12.6. The number of nitrogens with one attached hydrogen (secondary N) is 3. The predicted molar refractivity (Wildman–Crippen MR) is 129 cm³/mol. The van der Waals surface area contributed by atoms with E-state index in [1.165, 1.54) is 0 Å². The van der Waals surface area contributed by atoms with Gasteiger partial charge in [0.15, 0.2) is 11.5 Å². The number of benzene rings is 3. The molecule has 2 amide bonds. The van der Waals surface area contributed by atoms with Gasteiger partial charge in [0.05, 0.1) is 5.69 Å². The van der Waals surface area contributed by atoms with E-state index in [0.29, 0.717) is 40.6 Å². The molecule has 3 aromatic carbocycles. The first-order valence-corrected chi connectivity index (χ1v) is 10.9. The van der Waals surface area contributed by atoms with Crippen molar-refractivity contribution in [1.82, 2.24) is 10.3 Å². The summed E-state index contributed by atoms with van der Waals surface area (Å²) in [5, 5.41) is 7.39. The van der Waals surface area contributed by atoms with E-state index in [4.69, 9.17) is 16.3 Å². The summed E-state index contributed by atoms with van der Waals surface area (Å²) in [5.41, 5.74) is 3.79. The van der Waals surface area contributed by atoms with E-state index < -0.39 is 5.91 Å². The smallest absolute Gasteiger partial charge is 0.291 e. The highest BCUT2D eigenvalue weighted by atomic mass is 35.5. The fourth-order valence-electron chi connectivity index (χ4n) is 3.79. The number of halogens is 1. The van der Waals surface area contributed by atoms with Crippen molar-refractivity contribution in [2.75, 3.05) is 11.9 Å². The van der Waals surface area contributed by atoms with Crippen LogP contribution in [0.1, 0.15) is 21.5 Å². The Labute approximate surface area is 195 Å². The standard InChI is InChI=1S/C26H20ClN3O3/c27-20-7-3-1-5-16(20)14-24-26(32)30-22-13-17(9-10-23(22)33-24)25(31)28-12-11-18-15-29-21-8-4-2-6-19(18)21/h1-10,13-15,29H,11-12H2,(H,28,31)(H,30,32). The molecule has 1 aromatic heterocycles. The van der Waals surface area contributed by atoms with Crippen LogP contribution in [-0.2, 0) is 11.2 Å². The number of hydrogen-bond donors (Lipinski definition) is 3. The molecule has 0 atom stereocenters. The summed E-state index contributed by atoms with van der Waals surface area (Å²) in [6.07, 6.45) is 4.26. The molecule has 164 valence electrons. The first-order chi connectivity index (χ1) is 16.1. The van der Waals surface area contributed by atoms with Crippen LogP contribution in [-0.4, -0.2) is 23.3 Å². The normalized spacial score (nSPS) is 14.0. The molecule has 0 radical (unpaired) electrons. The van der Waals surface area contributed by atoms with Crippen LogP contribution in [0, 0.1) is 0 Å². The van der Waals surface area contributed by atoms with Crippen molar-refractivity contribution >= 4 is 46.1 Å². The first-order valence-electron chi connectivity index (χ1n) is 10.5. The molecule has 2 heterocycles. The monoisotopic (exact) mass is 457 g/mol. The number of aromatic amines is 1. The molecule has 1 aliphatic rings. The summed E-state index contributed by atoms with van der Waals surface area (Å²) in [7, 11) is 0. The van der Waals surface area contributed by atoms with Crippen LogP contribution in [0.25, 0.3) is 17.0 Å². The molecule has 3 N–H and O–H groups in total. The Morgan fingerprint density at radius 3 is 2.76 bits per heavy atom. The lowest BCUT2D eigenvalue weighted by Crippen LogP contribution is -2.27. The minimum absolute atomic E-state index is 0.131. The third-order valence-electron chi connectivity index (χ3n) is 5.48. The number of hydrogen-bond acceptors (Lipinski definition) is 3. The summed E-state index contributed by atoms with van der Waals surface area (Å²) >= 11 is 6.17. The van der Waals surface area contributed by atoms with Crippen LogP contribution in [0.4, 0.5) is 5.69 Å². The molecule has 6 nitrogen and oxygen atoms in total. The van der Waals surface area contributed by atoms with Crippen LogP contribution in [0.15, 0.2) is 78.7 Å². The molecule has 0 unspecified atom stereocenters. The van der Waals surface area contributed by atoms with Crippen LogP contribution in [0.5, 0.6) is 5.75 Å². The minimum atomic E-state index is -0.403. The molecular formula is C26H20ClN3O3. The van der Waals surface area contributed by atoms with Gasteiger partial charge >= 0.3 is 0 Å². The number of anilines is 1. The molecule has 0 fully saturated rings. The summed E-state index contributed by atoms with van der Waals surface area (Å²) in [4.78, 5) is 28.4. The lowest BCUT2D eigenvalue weighted by Gasteiger charge is -2.20. The fourth-order valence-corrected chi connectivity index (χ4v) is 3.98. The molecule has 0 aliphatic carbocycles. The Kier molecular flexibility index (Phi) is 5.59. The number of para-hydroxylation sites is 1. The molecule has 4 aromatic rings. The molecule has 0 saturated heterocycles. The van der Waals surface area contributed by atoms with E-state index in [0.717, 1.165) is 16.5 Å². The lowest BCUT2D eigenvalue weighted by atomic mass is 10.1. The largest absolute Gasteiger partial charge is 0.449 e. The molecule has 33 heavy (non-hydrogen) atoms. The quantitative estimate of drug-likeness (QED) is 0.362. The fraction of sp³-hybridized carbons (Fsp3) is 0.0769. The average Bonchev–Trinajstić information content (AvgIpc) is 3.24. The maximum Gasteiger partial charge on any atom is 0.291 e. The number of rotatable bonds is 5. The zero-order valence-electron chi connectivity index (χ0n) is 17.5. The van der Waals surface area contributed by atoms with Gasteiger partial charge < -0.3 is 20.4 Å². The van der Waals surface area contributed by atoms with Gasteiger partial charge in [0.2, 0.25) is 0 Å². The van der Waals surface area contributed by atoms with E-state index in [1.807, 2.05) is 36.5 Å². The van der Waals surface area contributed by atoms with Crippen molar-refractivity contribution in [3.05, 3.63) is 100 Å². The Morgan fingerprint density at radius 2 is 1.88 bits per heavy atom. The van der Waals surface area contributed by atoms with Gasteiger partial charge in [-0.25, -0.2) is 0 Å². The van der Waals surface area contributed by atoms with Crippen molar-refractivity contribution in [2.24, 2.45) is 0 Å². The molecule has 1 aliphatic heterocycles. The molecule has 0 bridgehead atoms. The summed E-state index contributed by atoms with van der Waals surface area (Å²) in [6.45, 7) is 0.491. The number of carbonyl (C=O) groups is 2. The number of H-pyrrole nitrogens is 1. The van der Waals surface area contributed by atoms with Crippen molar-refractivity contribution in [3.63, 3.8) is 0 Å². The van der Waals surface area contributed by atoms with Gasteiger partial charge in [-0.05, 0) is 54.0 Å². The Hall–Kier alpha value is -4.03. The van der Waals surface area contributed by atoms with E-state index in [1.54, 1.807) is 36.4 Å². The average molecular weight is 458 g/mol. The van der Waals surface area contributed by atoms with E-state index in [2.05, 4.69) is 21.7 Å². The summed E-state index contributed by atoms with van der Waals surface area (Å²) < 4.78 is 5.76.